The summed E-state index contributed by atoms with van der Waals surface area (Å²) in [5.41, 5.74) is -0.0502. The Morgan fingerprint density at radius 3 is 2.25 bits per heavy atom. The van der Waals surface area contributed by atoms with Crippen molar-refractivity contribution < 1.29 is 5.11 Å². The van der Waals surface area contributed by atoms with E-state index in [-0.39, 0.29) is 5.60 Å². The summed E-state index contributed by atoms with van der Waals surface area (Å²) in [5.74, 6) is 0. The Hall–Kier alpha value is -0.0800. The van der Waals surface area contributed by atoms with E-state index < -0.39 is 0 Å². The monoisotopic (exact) mass is 171 g/mol. The highest BCUT2D eigenvalue weighted by Crippen LogP contribution is 2.30. The number of hydrogen-bond acceptors (Lipinski definition) is 2. The zero-order chi connectivity index (χ0) is 9.24. The van der Waals surface area contributed by atoms with Gasteiger partial charge in [0.1, 0.15) is 0 Å². The normalized spacial score (nSPS) is 22.0. The van der Waals surface area contributed by atoms with Gasteiger partial charge in [-0.15, -0.1) is 0 Å². The molecule has 1 aliphatic carbocycles. The molecular weight excluding hydrogens is 150 g/mol. The topological polar surface area (TPSA) is 32.3 Å². The maximum Gasteiger partial charge on any atom is 0.0771 e. The van der Waals surface area contributed by atoms with E-state index in [9.17, 15) is 5.11 Å². The lowest BCUT2D eigenvalue weighted by Crippen LogP contribution is -2.47. The third kappa shape index (κ3) is 3.11. The molecule has 0 radical (unpaired) electrons. The van der Waals surface area contributed by atoms with E-state index in [0.717, 1.165) is 25.9 Å². The van der Waals surface area contributed by atoms with Crippen LogP contribution in [0.2, 0.25) is 0 Å². The molecule has 0 amide bonds. The summed E-state index contributed by atoms with van der Waals surface area (Å²) in [7, 11) is 0. The van der Waals surface area contributed by atoms with Gasteiger partial charge in [0.05, 0.1) is 5.60 Å². The molecule has 1 rings (SSSR count). The number of nitrogens with one attached hydrogen (secondary N) is 1. The molecule has 2 heteroatoms. The summed E-state index contributed by atoms with van der Waals surface area (Å²) >= 11 is 0. The lowest BCUT2D eigenvalue weighted by atomic mass is 9.80. The summed E-state index contributed by atoms with van der Waals surface area (Å²) in [4.78, 5) is 0. The van der Waals surface area contributed by atoms with Crippen LogP contribution in [0.15, 0.2) is 0 Å². The molecule has 0 spiro atoms. The molecule has 1 aliphatic rings. The maximum atomic E-state index is 9.74. The number of rotatable bonds is 3. The molecule has 2 nitrogen and oxygen atoms in total. The van der Waals surface area contributed by atoms with Crippen molar-refractivity contribution in [3.8, 4) is 0 Å². The Labute approximate surface area is 75.4 Å². The van der Waals surface area contributed by atoms with Crippen LogP contribution in [0.25, 0.3) is 0 Å². The van der Waals surface area contributed by atoms with Crippen LogP contribution >= 0.6 is 0 Å². The first-order valence-electron chi connectivity index (χ1n) is 4.84. The van der Waals surface area contributed by atoms with Gasteiger partial charge in [-0.25, -0.2) is 0 Å². The molecule has 0 heterocycles. The molecule has 0 aromatic heterocycles. The van der Waals surface area contributed by atoms with Crippen molar-refractivity contribution in [3.63, 3.8) is 0 Å². The minimum atomic E-state index is -0.370. The molecule has 0 saturated heterocycles. The zero-order valence-electron chi connectivity index (χ0n) is 8.48. The molecule has 0 aromatic rings. The van der Waals surface area contributed by atoms with Crippen molar-refractivity contribution in [3.05, 3.63) is 0 Å². The van der Waals surface area contributed by atoms with Crippen LogP contribution in [0, 0.1) is 5.41 Å². The quantitative estimate of drug-likeness (QED) is 0.675. The molecular formula is C10H21NO. The number of hydrogen-bond donors (Lipinski definition) is 2. The van der Waals surface area contributed by atoms with E-state index in [0.29, 0.717) is 5.41 Å². The summed E-state index contributed by atoms with van der Waals surface area (Å²) in [6.45, 7) is 8.35. The summed E-state index contributed by atoms with van der Waals surface area (Å²) < 4.78 is 0. The molecule has 1 fully saturated rings. The average molecular weight is 171 g/mol. The fourth-order valence-electron chi connectivity index (χ4n) is 1.43. The highest BCUT2D eigenvalue weighted by atomic mass is 16.3. The molecule has 0 atom stereocenters. The fourth-order valence-corrected chi connectivity index (χ4v) is 1.43. The molecule has 72 valence electrons. The van der Waals surface area contributed by atoms with E-state index in [2.05, 4.69) is 26.1 Å². The smallest absolute Gasteiger partial charge is 0.0771 e. The van der Waals surface area contributed by atoms with E-state index in [1.165, 1.54) is 6.42 Å². The van der Waals surface area contributed by atoms with E-state index in [1.54, 1.807) is 0 Å². The highest BCUT2D eigenvalue weighted by molar-refractivity contribution is 4.89. The van der Waals surface area contributed by atoms with Crippen LogP contribution < -0.4 is 5.32 Å². The van der Waals surface area contributed by atoms with E-state index in [4.69, 9.17) is 0 Å². The third-order valence-electron chi connectivity index (χ3n) is 2.39. The lowest BCUT2D eigenvalue weighted by molar-refractivity contribution is -0.0322. The molecule has 2 N–H and O–H groups in total. The van der Waals surface area contributed by atoms with Crippen molar-refractivity contribution in [2.45, 2.75) is 45.6 Å². The van der Waals surface area contributed by atoms with Crippen molar-refractivity contribution >= 4 is 0 Å². The van der Waals surface area contributed by atoms with Gasteiger partial charge in [-0.3, -0.25) is 0 Å². The minimum Gasteiger partial charge on any atom is -0.389 e. The van der Waals surface area contributed by atoms with Crippen LogP contribution in [0.1, 0.15) is 40.0 Å². The van der Waals surface area contributed by atoms with Crippen LogP contribution in [-0.2, 0) is 0 Å². The minimum absolute atomic E-state index is 0.320. The maximum absolute atomic E-state index is 9.74. The van der Waals surface area contributed by atoms with Crippen molar-refractivity contribution in [1.29, 1.82) is 0 Å². The average Bonchev–Trinajstić information content (AvgIpc) is 1.81. The second kappa shape index (κ2) is 3.35. The Kier molecular flexibility index (Phi) is 2.79. The van der Waals surface area contributed by atoms with Crippen LogP contribution in [-0.4, -0.2) is 23.8 Å². The Morgan fingerprint density at radius 2 is 1.92 bits per heavy atom. The van der Waals surface area contributed by atoms with Gasteiger partial charge in [0.15, 0.2) is 0 Å². The third-order valence-corrected chi connectivity index (χ3v) is 2.39. The van der Waals surface area contributed by atoms with Gasteiger partial charge < -0.3 is 10.4 Å². The summed E-state index contributed by atoms with van der Waals surface area (Å²) in [6.07, 6.45) is 3.14. The Bertz CT molecular complexity index is 144. The predicted octanol–water partition coefficient (Wildman–Crippen LogP) is 1.54. The first-order chi connectivity index (χ1) is 5.41. The summed E-state index contributed by atoms with van der Waals surface area (Å²) in [6, 6.07) is 0. The Balaban J connectivity index is 2.10. The fraction of sp³-hybridized carbons (Fsp3) is 1.00. The second-order valence-corrected chi connectivity index (χ2v) is 5.24. The SMILES string of the molecule is CC(C)(C)CNCC1(O)CCC1. The van der Waals surface area contributed by atoms with Gasteiger partial charge in [0.25, 0.3) is 0 Å². The first kappa shape index (κ1) is 10.0. The van der Waals surface area contributed by atoms with Gasteiger partial charge in [-0.05, 0) is 24.7 Å². The van der Waals surface area contributed by atoms with Gasteiger partial charge in [0.2, 0.25) is 0 Å². The van der Waals surface area contributed by atoms with E-state index in [1.807, 2.05) is 0 Å². The van der Waals surface area contributed by atoms with Crippen molar-refractivity contribution in [2.24, 2.45) is 5.41 Å². The van der Waals surface area contributed by atoms with Gasteiger partial charge >= 0.3 is 0 Å². The van der Waals surface area contributed by atoms with Crippen molar-refractivity contribution in [2.75, 3.05) is 13.1 Å². The molecule has 0 aromatic carbocycles. The van der Waals surface area contributed by atoms with Gasteiger partial charge in [-0.1, -0.05) is 20.8 Å². The van der Waals surface area contributed by atoms with Gasteiger partial charge in [0, 0.05) is 13.1 Å². The predicted molar refractivity (Wildman–Crippen MR) is 51.1 cm³/mol. The summed E-state index contributed by atoms with van der Waals surface area (Å²) in [5, 5.41) is 13.1. The van der Waals surface area contributed by atoms with E-state index >= 15 is 0 Å². The Morgan fingerprint density at radius 1 is 1.33 bits per heavy atom. The number of aliphatic hydroxyl groups is 1. The van der Waals surface area contributed by atoms with Crippen LogP contribution in [0.3, 0.4) is 0 Å². The first-order valence-corrected chi connectivity index (χ1v) is 4.84. The van der Waals surface area contributed by atoms with Crippen LogP contribution in [0.4, 0.5) is 0 Å². The standard InChI is InChI=1S/C10H21NO/c1-9(2,3)7-11-8-10(12)5-4-6-10/h11-12H,4-8H2,1-3H3. The molecule has 0 unspecified atom stereocenters. The molecule has 0 aliphatic heterocycles. The van der Waals surface area contributed by atoms with Crippen molar-refractivity contribution in [1.82, 2.24) is 5.32 Å². The molecule has 12 heavy (non-hydrogen) atoms. The highest BCUT2D eigenvalue weighted by Gasteiger charge is 2.33. The largest absolute Gasteiger partial charge is 0.389 e. The zero-order valence-corrected chi connectivity index (χ0v) is 8.48. The molecule has 1 saturated carbocycles. The van der Waals surface area contributed by atoms with Crippen LogP contribution in [0.5, 0.6) is 0 Å². The van der Waals surface area contributed by atoms with Gasteiger partial charge in [-0.2, -0.15) is 0 Å². The lowest BCUT2D eigenvalue weighted by Gasteiger charge is -2.37. The molecule has 0 bridgehead atoms. The second-order valence-electron chi connectivity index (χ2n) is 5.24.